The molecule has 4 rings (SSSR count). The molecule has 136 valence electrons. The highest BCUT2D eigenvalue weighted by Gasteiger charge is 2.28. The fourth-order valence-corrected chi connectivity index (χ4v) is 3.82. The zero-order valence-electron chi connectivity index (χ0n) is 14.7. The molecule has 2 aromatic carbocycles. The molecule has 5 heteroatoms. The number of ether oxygens (including phenoxy) is 1. The predicted molar refractivity (Wildman–Crippen MR) is 102 cm³/mol. The summed E-state index contributed by atoms with van der Waals surface area (Å²) in [5, 5.41) is 3.64. The van der Waals surface area contributed by atoms with Gasteiger partial charge < -0.3 is 10.1 Å². The summed E-state index contributed by atoms with van der Waals surface area (Å²) in [5.41, 5.74) is 3.42. The summed E-state index contributed by atoms with van der Waals surface area (Å²) in [6, 6.07) is 14.0. The average Bonchev–Trinajstić information content (AvgIpc) is 3.30. The van der Waals surface area contributed by atoms with Gasteiger partial charge in [0.2, 0.25) is 0 Å². The number of nitrogens with zero attached hydrogens (tertiary/aromatic N) is 1. The van der Waals surface area contributed by atoms with Crippen LogP contribution in [0.5, 0.6) is 5.75 Å². The number of fused-ring (bicyclic) bond motifs is 1. The molecule has 0 bridgehead atoms. The lowest BCUT2D eigenvalue weighted by molar-refractivity contribution is -0.127. The summed E-state index contributed by atoms with van der Waals surface area (Å²) in [6.45, 7) is 3.93. The van der Waals surface area contributed by atoms with E-state index < -0.39 is 6.10 Å². The van der Waals surface area contributed by atoms with E-state index in [9.17, 15) is 4.79 Å². The molecule has 0 spiro atoms. The zero-order valence-corrected chi connectivity index (χ0v) is 15.5. The Labute approximate surface area is 159 Å². The Morgan fingerprint density at radius 2 is 1.85 bits per heavy atom. The third kappa shape index (κ3) is 4.02. The van der Waals surface area contributed by atoms with Crippen LogP contribution >= 0.6 is 11.6 Å². The number of nitrogens with one attached hydrogen (secondary N) is 1. The van der Waals surface area contributed by atoms with Gasteiger partial charge in [-0.25, -0.2) is 0 Å². The number of benzene rings is 2. The number of hydrogen-bond donors (Lipinski definition) is 1. The minimum Gasteiger partial charge on any atom is -0.480 e. The first-order chi connectivity index (χ1) is 12.7. The number of rotatable bonds is 5. The van der Waals surface area contributed by atoms with Crippen molar-refractivity contribution >= 4 is 17.5 Å². The monoisotopic (exact) mass is 370 g/mol. The van der Waals surface area contributed by atoms with E-state index in [1.54, 1.807) is 6.07 Å². The SMILES string of the molecule is O=C(NCc1ccc(CN2CCCC2)cc1)C1Cc2cc(Cl)ccc2O1. The van der Waals surface area contributed by atoms with Crippen LogP contribution in [0.3, 0.4) is 0 Å². The Bertz CT molecular complexity index is 785. The van der Waals surface area contributed by atoms with Gasteiger partial charge in [-0.2, -0.15) is 0 Å². The van der Waals surface area contributed by atoms with E-state index in [4.69, 9.17) is 16.3 Å². The van der Waals surface area contributed by atoms with Crippen LogP contribution in [0.2, 0.25) is 5.02 Å². The van der Waals surface area contributed by atoms with Crippen molar-refractivity contribution < 1.29 is 9.53 Å². The van der Waals surface area contributed by atoms with E-state index in [1.807, 2.05) is 12.1 Å². The van der Waals surface area contributed by atoms with E-state index in [2.05, 4.69) is 34.5 Å². The van der Waals surface area contributed by atoms with Crippen molar-refractivity contribution in [1.82, 2.24) is 10.2 Å². The van der Waals surface area contributed by atoms with Gasteiger partial charge in [0.15, 0.2) is 6.10 Å². The molecular formula is C21H23ClN2O2. The zero-order chi connectivity index (χ0) is 17.9. The van der Waals surface area contributed by atoms with Gasteiger partial charge in [-0.3, -0.25) is 9.69 Å². The van der Waals surface area contributed by atoms with Crippen LogP contribution in [0, 0.1) is 0 Å². The highest BCUT2D eigenvalue weighted by Crippen LogP contribution is 2.31. The van der Waals surface area contributed by atoms with Crippen molar-refractivity contribution in [1.29, 1.82) is 0 Å². The second-order valence-electron chi connectivity index (χ2n) is 7.08. The Kier molecular flexibility index (Phi) is 5.14. The molecule has 0 saturated carbocycles. The molecule has 1 atom stereocenters. The van der Waals surface area contributed by atoms with Crippen molar-refractivity contribution in [2.75, 3.05) is 13.1 Å². The van der Waals surface area contributed by atoms with Gasteiger partial charge in [-0.05, 0) is 60.8 Å². The average molecular weight is 371 g/mol. The topological polar surface area (TPSA) is 41.6 Å². The highest BCUT2D eigenvalue weighted by atomic mass is 35.5. The lowest BCUT2D eigenvalue weighted by atomic mass is 10.1. The lowest BCUT2D eigenvalue weighted by Crippen LogP contribution is -2.37. The Morgan fingerprint density at radius 3 is 2.62 bits per heavy atom. The normalized spacial score (nSPS) is 19.2. The number of hydrogen-bond acceptors (Lipinski definition) is 3. The smallest absolute Gasteiger partial charge is 0.261 e. The van der Waals surface area contributed by atoms with E-state index in [-0.39, 0.29) is 5.91 Å². The lowest BCUT2D eigenvalue weighted by Gasteiger charge is -2.15. The van der Waals surface area contributed by atoms with Gasteiger partial charge in [-0.1, -0.05) is 35.9 Å². The molecule has 0 aromatic heterocycles. The molecule has 1 fully saturated rings. The maximum absolute atomic E-state index is 12.4. The Hall–Kier alpha value is -2.04. The molecular weight excluding hydrogens is 348 g/mol. The fourth-order valence-electron chi connectivity index (χ4n) is 3.63. The van der Waals surface area contributed by atoms with Gasteiger partial charge in [-0.15, -0.1) is 0 Å². The van der Waals surface area contributed by atoms with E-state index in [1.165, 1.54) is 31.5 Å². The van der Waals surface area contributed by atoms with E-state index >= 15 is 0 Å². The van der Waals surface area contributed by atoms with Crippen LogP contribution in [0.4, 0.5) is 0 Å². The summed E-state index contributed by atoms with van der Waals surface area (Å²) in [5.74, 6) is 0.666. The molecule has 1 saturated heterocycles. The summed E-state index contributed by atoms with van der Waals surface area (Å²) < 4.78 is 5.73. The maximum atomic E-state index is 12.4. The Morgan fingerprint density at radius 1 is 1.12 bits per heavy atom. The summed E-state index contributed by atoms with van der Waals surface area (Å²) in [7, 11) is 0. The van der Waals surface area contributed by atoms with E-state index in [0.29, 0.717) is 18.0 Å². The largest absolute Gasteiger partial charge is 0.480 e. The van der Waals surface area contributed by atoms with Crippen LogP contribution in [-0.4, -0.2) is 30.0 Å². The van der Waals surface area contributed by atoms with E-state index in [0.717, 1.165) is 23.4 Å². The molecule has 2 aliphatic rings. The molecule has 0 radical (unpaired) electrons. The minimum absolute atomic E-state index is 0.0848. The fraction of sp³-hybridized carbons (Fsp3) is 0.381. The second kappa shape index (κ2) is 7.68. The molecule has 1 amide bonds. The molecule has 2 aromatic rings. The maximum Gasteiger partial charge on any atom is 0.261 e. The second-order valence-corrected chi connectivity index (χ2v) is 7.52. The first kappa shape index (κ1) is 17.4. The summed E-state index contributed by atoms with van der Waals surface area (Å²) in [4.78, 5) is 14.9. The number of carbonyl (C=O) groups excluding carboxylic acids is 1. The van der Waals surface area contributed by atoms with Crippen LogP contribution in [0.25, 0.3) is 0 Å². The minimum atomic E-state index is -0.474. The molecule has 1 unspecified atom stereocenters. The van der Waals surface area contributed by atoms with Crippen LogP contribution in [-0.2, 0) is 24.3 Å². The third-order valence-electron chi connectivity index (χ3n) is 5.08. The number of amides is 1. The van der Waals surface area contributed by atoms with Crippen molar-refractivity contribution in [3.05, 3.63) is 64.2 Å². The highest BCUT2D eigenvalue weighted by molar-refractivity contribution is 6.30. The van der Waals surface area contributed by atoms with Crippen molar-refractivity contribution in [3.63, 3.8) is 0 Å². The van der Waals surface area contributed by atoms with Crippen molar-refractivity contribution in [3.8, 4) is 5.75 Å². The molecule has 26 heavy (non-hydrogen) atoms. The van der Waals surface area contributed by atoms with Gasteiger partial charge in [0.05, 0.1) is 0 Å². The predicted octanol–water partition coefficient (Wildman–Crippen LogP) is 3.56. The molecule has 4 nitrogen and oxygen atoms in total. The number of carbonyl (C=O) groups is 1. The molecule has 2 heterocycles. The summed E-state index contributed by atoms with van der Waals surface area (Å²) >= 11 is 6.00. The van der Waals surface area contributed by atoms with Crippen molar-refractivity contribution in [2.45, 2.75) is 38.5 Å². The summed E-state index contributed by atoms with van der Waals surface area (Å²) in [6.07, 6.45) is 2.71. The molecule has 0 aliphatic carbocycles. The first-order valence-corrected chi connectivity index (χ1v) is 9.58. The standard InChI is InChI=1S/C21H23ClN2O2/c22-18-7-8-19-17(11-18)12-20(26-19)21(25)23-13-15-3-5-16(6-4-15)14-24-9-1-2-10-24/h3-8,11,20H,1-2,9-10,12-14H2,(H,23,25). The van der Waals surface area contributed by atoms with Gasteiger partial charge in [0.1, 0.15) is 5.75 Å². The van der Waals surface area contributed by atoms with Gasteiger partial charge >= 0.3 is 0 Å². The molecule has 1 N–H and O–H groups in total. The third-order valence-corrected chi connectivity index (χ3v) is 5.32. The molecule has 2 aliphatic heterocycles. The van der Waals surface area contributed by atoms with Gasteiger partial charge in [0, 0.05) is 24.5 Å². The number of likely N-dealkylation sites (tertiary alicyclic amines) is 1. The number of halogens is 1. The van der Waals surface area contributed by atoms with Crippen LogP contribution in [0.1, 0.15) is 29.5 Å². The van der Waals surface area contributed by atoms with Crippen LogP contribution in [0.15, 0.2) is 42.5 Å². The van der Waals surface area contributed by atoms with Crippen LogP contribution < -0.4 is 10.1 Å². The first-order valence-electron chi connectivity index (χ1n) is 9.20. The quantitative estimate of drug-likeness (QED) is 0.875. The Balaban J connectivity index is 1.28. The van der Waals surface area contributed by atoms with Gasteiger partial charge in [0.25, 0.3) is 5.91 Å². The van der Waals surface area contributed by atoms with Crippen molar-refractivity contribution in [2.24, 2.45) is 0 Å².